The number of guanidine groups is 1. The van der Waals surface area contributed by atoms with E-state index in [-0.39, 0.29) is 5.54 Å². The van der Waals surface area contributed by atoms with Crippen LogP contribution in [0.5, 0.6) is 0 Å². The van der Waals surface area contributed by atoms with Crippen LogP contribution >= 0.6 is 0 Å². The highest BCUT2D eigenvalue weighted by atomic mass is 15.4. The average molecular weight is 249 g/mol. The molecule has 102 valence electrons. The second-order valence-corrected chi connectivity index (χ2v) is 7.07. The molecule has 2 fully saturated rings. The Kier molecular flexibility index (Phi) is 2.83. The van der Waals surface area contributed by atoms with Crippen molar-refractivity contribution in [3.63, 3.8) is 0 Å². The van der Waals surface area contributed by atoms with Gasteiger partial charge in [-0.1, -0.05) is 12.8 Å². The molecule has 3 aliphatic rings. The Labute approximate surface area is 111 Å². The van der Waals surface area contributed by atoms with Crippen molar-refractivity contribution in [3.8, 4) is 0 Å². The smallest absolute Gasteiger partial charge is 0.192 e. The van der Waals surface area contributed by atoms with Crippen molar-refractivity contribution >= 4 is 5.96 Å². The molecule has 3 heteroatoms. The fourth-order valence-electron chi connectivity index (χ4n) is 4.71. The minimum absolute atomic E-state index is 0.270. The third kappa shape index (κ3) is 1.74. The predicted molar refractivity (Wildman–Crippen MR) is 75.6 cm³/mol. The van der Waals surface area contributed by atoms with E-state index in [1.165, 1.54) is 51.4 Å². The summed E-state index contributed by atoms with van der Waals surface area (Å²) in [5.74, 6) is 0.785. The number of rotatable bonds is 1. The molecule has 2 N–H and O–H groups in total. The topological polar surface area (TPSA) is 41.6 Å². The largest absolute Gasteiger partial charge is 0.370 e. The van der Waals surface area contributed by atoms with Crippen LogP contribution in [0.2, 0.25) is 0 Å². The summed E-state index contributed by atoms with van der Waals surface area (Å²) in [5.41, 5.74) is 7.08. The summed E-state index contributed by atoms with van der Waals surface area (Å²) < 4.78 is 0. The Hall–Kier alpha value is -0.730. The molecule has 0 bridgehead atoms. The monoisotopic (exact) mass is 249 g/mol. The van der Waals surface area contributed by atoms with Crippen molar-refractivity contribution in [2.45, 2.75) is 76.8 Å². The van der Waals surface area contributed by atoms with Gasteiger partial charge in [0, 0.05) is 6.04 Å². The molecule has 0 radical (unpaired) electrons. The molecule has 2 saturated carbocycles. The van der Waals surface area contributed by atoms with Crippen molar-refractivity contribution in [1.29, 1.82) is 0 Å². The molecule has 3 nitrogen and oxygen atoms in total. The van der Waals surface area contributed by atoms with Crippen LogP contribution in [0.4, 0.5) is 0 Å². The molecule has 2 aliphatic carbocycles. The maximum atomic E-state index is 6.11. The summed E-state index contributed by atoms with van der Waals surface area (Å²) in [6, 6.07) is 0.480. The van der Waals surface area contributed by atoms with E-state index in [2.05, 4.69) is 23.7 Å². The van der Waals surface area contributed by atoms with Crippen LogP contribution in [0.15, 0.2) is 4.99 Å². The molecule has 1 aliphatic heterocycles. The van der Waals surface area contributed by atoms with Crippen LogP contribution in [0.3, 0.4) is 0 Å². The van der Waals surface area contributed by atoms with Gasteiger partial charge in [0.05, 0.1) is 12.1 Å². The second-order valence-electron chi connectivity index (χ2n) is 7.07. The molecule has 0 amide bonds. The molecule has 1 heterocycles. The first-order valence-electron chi connectivity index (χ1n) is 7.66. The lowest BCUT2D eigenvalue weighted by atomic mass is 9.66. The second kappa shape index (κ2) is 4.14. The zero-order valence-corrected chi connectivity index (χ0v) is 11.9. The third-order valence-corrected chi connectivity index (χ3v) is 5.72. The van der Waals surface area contributed by atoms with E-state index in [1.54, 1.807) is 0 Å². The summed E-state index contributed by atoms with van der Waals surface area (Å²) in [5, 5.41) is 0. The van der Waals surface area contributed by atoms with E-state index < -0.39 is 0 Å². The van der Waals surface area contributed by atoms with Gasteiger partial charge >= 0.3 is 0 Å². The van der Waals surface area contributed by atoms with Crippen LogP contribution < -0.4 is 5.73 Å². The van der Waals surface area contributed by atoms with Gasteiger partial charge < -0.3 is 10.6 Å². The van der Waals surface area contributed by atoms with Crippen LogP contribution in [0.1, 0.15) is 65.2 Å². The molecular formula is C15H27N3. The molecule has 0 aromatic heterocycles. The number of hydrogen-bond donors (Lipinski definition) is 1. The average Bonchev–Trinajstić information content (AvgIpc) is 2.90. The maximum absolute atomic E-state index is 6.11. The van der Waals surface area contributed by atoms with Crippen molar-refractivity contribution < 1.29 is 0 Å². The Balaban J connectivity index is 1.75. The van der Waals surface area contributed by atoms with Gasteiger partial charge in [-0.2, -0.15) is 0 Å². The van der Waals surface area contributed by atoms with Gasteiger partial charge in [0.25, 0.3) is 0 Å². The van der Waals surface area contributed by atoms with Crippen LogP contribution in [0.25, 0.3) is 0 Å². The molecule has 0 saturated heterocycles. The summed E-state index contributed by atoms with van der Waals surface area (Å²) in [6.07, 6.45) is 11.3. The van der Waals surface area contributed by atoms with Crippen molar-refractivity contribution in [2.75, 3.05) is 6.54 Å². The van der Waals surface area contributed by atoms with E-state index >= 15 is 0 Å². The van der Waals surface area contributed by atoms with E-state index in [4.69, 9.17) is 5.73 Å². The third-order valence-electron chi connectivity index (χ3n) is 5.72. The first kappa shape index (κ1) is 12.3. The number of aliphatic imine (C=N–C) groups is 1. The minimum Gasteiger partial charge on any atom is -0.370 e. The van der Waals surface area contributed by atoms with Gasteiger partial charge in [0.15, 0.2) is 5.96 Å². The summed E-state index contributed by atoms with van der Waals surface area (Å²) in [4.78, 5) is 6.96. The molecule has 0 unspecified atom stereocenters. The summed E-state index contributed by atoms with van der Waals surface area (Å²) in [7, 11) is 0. The normalized spacial score (nSPS) is 29.5. The van der Waals surface area contributed by atoms with Gasteiger partial charge in [-0.15, -0.1) is 0 Å². The fraction of sp³-hybridized carbons (Fsp3) is 0.933. The Morgan fingerprint density at radius 1 is 1.06 bits per heavy atom. The molecule has 3 rings (SSSR count). The van der Waals surface area contributed by atoms with Crippen molar-refractivity contribution in [1.82, 2.24) is 4.90 Å². The Morgan fingerprint density at radius 2 is 1.67 bits per heavy atom. The summed E-state index contributed by atoms with van der Waals surface area (Å²) in [6.45, 7) is 5.43. The van der Waals surface area contributed by atoms with Crippen LogP contribution in [0, 0.1) is 5.41 Å². The molecule has 0 aromatic rings. The standard InChI is InChI=1S/C15H27N3/c1-12(2)18-13(16)17-11-15(18)9-7-14(8-10-15)5-3-4-6-14/h12H,3-11H2,1-2H3,(H2,16,17). The SMILES string of the molecule is CC(C)N1C(N)=NCC12CCC1(CCCC1)CC2. The number of nitrogens with zero attached hydrogens (tertiary/aromatic N) is 2. The van der Waals surface area contributed by atoms with Crippen LogP contribution in [-0.4, -0.2) is 29.0 Å². The van der Waals surface area contributed by atoms with Crippen molar-refractivity contribution in [3.05, 3.63) is 0 Å². The molecular weight excluding hydrogens is 222 g/mol. The van der Waals surface area contributed by atoms with E-state index in [0.717, 1.165) is 12.5 Å². The van der Waals surface area contributed by atoms with Gasteiger partial charge in [-0.25, -0.2) is 0 Å². The number of nitrogens with two attached hydrogens (primary N) is 1. The van der Waals surface area contributed by atoms with E-state index in [0.29, 0.717) is 11.5 Å². The summed E-state index contributed by atoms with van der Waals surface area (Å²) >= 11 is 0. The van der Waals surface area contributed by atoms with Crippen LogP contribution in [-0.2, 0) is 0 Å². The highest BCUT2D eigenvalue weighted by molar-refractivity contribution is 5.81. The highest BCUT2D eigenvalue weighted by Gasteiger charge is 2.49. The maximum Gasteiger partial charge on any atom is 0.192 e. The minimum atomic E-state index is 0.270. The first-order valence-corrected chi connectivity index (χ1v) is 7.66. The van der Waals surface area contributed by atoms with Gasteiger partial charge in [-0.05, 0) is 57.8 Å². The van der Waals surface area contributed by atoms with Gasteiger partial charge in [-0.3, -0.25) is 4.99 Å². The molecule has 2 spiro atoms. The lowest BCUT2D eigenvalue weighted by Crippen LogP contribution is -2.57. The van der Waals surface area contributed by atoms with Crippen molar-refractivity contribution in [2.24, 2.45) is 16.1 Å². The molecule has 0 aromatic carbocycles. The van der Waals surface area contributed by atoms with Gasteiger partial charge in [0.1, 0.15) is 0 Å². The zero-order chi connectivity index (χ0) is 12.8. The number of hydrogen-bond acceptors (Lipinski definition) is 3. The lowest BCUT2D eigenvalue weighted by Gasteiger charge is -2.49. The first-order chi connectivity index (χ1) is 8.57. The predicted octanol–water partition coefficient (Wildman–Crippen LogP) is 2.90. The molecule has 18 heavy (non-hydrogen) atoms. The Morgan fingerprint density at radius 3 is 2.22 bits per heavy atom. The lowest BCUT2D eigenvalue weighted by molar-refractivity contribution is 0.0529. The fourth-order valence-corrected chi connectivity index (χ4v) is 4.71. The Bertz CT molecular complexity index is 343. The molecule has 0 atom stereocenters. The van der Waals surface area contributed by atoms with Gasteiger partial charge in [0.2, 0.25) is 0 Å². The van der Waals surface area contributed by atoms with E-state index in [1.807, 2.05) is 0 Å². The zero-order valence-electron chi connectivity index (χ0n) is 11.9. The van der Waals surface area contributed by atoms with E-state index in [9.17, 15) is 0 Å². The quantitative estimate of drug-likeness (QED) is 0.776. The highest BCUT2D eigenvalue weighted by Crippen LogP contribution is 2.53.